The molecule has 0 amide bonds. The van der Waals surface area contributed by atoms with E-state index in [0.717, 1.165) is 65.9 Å². The minimum atomic E-state index is -0.641. The van der Waals surface area contributed by atoms with Crippen molar-refractivity contribution in [3.05, 3.63) is 123 Å². The number of pyridine rings is 2. The summed E-state index contributed by atoms with van der Waals surface area (Å²) < 4.78 is 25.0. The lowest BCUT2D eigenvalue weighted by Gasteiger charge is -2.30. The van der Waals surface area contributed by atoms with E-state index in [1.54, 1.807) is 18.2 Å². The van der Waals surface area contributed by atoms with Gasteiger partial charge in [0.15, 0.2) is 5.65 Å². The number of ether oxygens (including phenoxy) is 1. The smallest absolute Gasteiger partial charge is 0.337 e. The van der Waals surface area contributed by atoms with Gasteiger partial charge in [0.1, 0.15) is 17.2 Å². The van der Waals surface area contributed by atoms with Gasteiger partial charge in [-0.1, -0.05) is 24.3 Å². The maximum absolute atomic E-state index is 14.6. The largest absolute Gasteiger partial charge is 0.508 e. The van der Waals surface area contributed by atoms with Crippen LogP contribution in [-0.2, 0) is 17.8 Å². The summed E-state index contributed by atoms with van der Waals surface area (Å²) in [5, 5.41) is 14.1. The Morgan fingerprint density at radius 3 is 2.63 bits per heavy atom. The number of halogens is 1. The van der Waals surface area contributed by atoms with E-state index < -0.39 is 17.1 Å². The Labute approximate surface area is 293 Å². The second kappa shape index (κ2) is 13.9. The highest BCUT2D eigenvalue weighted by atomic mass is 19.1. The Balaban J connectivity index is 1.11. The van der Waals surface area contributed by atoms with Crippen LogP contribution in [-0.4, -0.2) is 65.9 Å². The molecule has 5 heterocycles. The molecule has 262 valence electrons. The lowest BCUT2D eigenvalue weighted by atomic mass is 9.91. The molecule has 0 atom stereocenters. The average molecular weight is 690 g/mol. The van der Waals surface area contributed by atoms with Crippen LogP contribution in [0.25, 0.3) is 33.5 Å². The summed E-state index contributed by atoms with van der Waals surface area (Å²) in [6.45, 7) is 6.20. The Morgan fingerprint density at radius 1 is 0.980 bits per heavy atom. The molecule has 2 fully saturated rings. The third kappa shape index (κ3) is 6.46. The molecule has 2 N–H and O–H groups in total. The standard InChI is InChI=1S/C39H40FN7O4/c1-25-35(45-14-3-2-7-36(45)43-25)23-41-29-8-10-30(11-9-29)47-38(49)34-21-28(40)22-42-37(34)46(39(47)50)31-6-4-5-26(19-31)33-13-12-32(48)20-27(33)24-44-15-17-51-18-16-44/h2-7,12-14,19-22,29-30,41,48H,8-11,15-18,23-24H2,1H3/t29-,30+. The Morgan fingerprint density at radius 2 is 1.80 bits per heavy atom. The van der Waals surface area contributed by atoms with Gasteiger partial charge in [-0.2, -0.15) is 0 Å². The Bertz CT molecular complexity index is 2350. The van der Waals surface area contributed by atoms with Crippen LogP contribution in [0.3, 0.4) is 0 Å². The van der Waals surface area contributed by atoms with E-state index in [4.69, 9.17) is 4.74 Å². The van der Waals surface area contributed by atoms with E-state index in [9.17, 15) is 19.1 Å². The van der Waals surface area contributed by atoms with E-state index in [2.05, 4.69) is 24.6 Å². The maximum atomic E-state index is 14.6. The Kier molecular flexibility index (Phi) is 8.97. The van der Waals surface area contributed by atoms with E-state index in [-0.39, 0.29) is 28.9 Å². The van der Waals surface area contributed by atoms with Crippen molar-refractivity contribution in [2.45, 2.75) is 57.8 Å². The number of phenols is 1. The van der Waals surface area contributed by atoms with Crippen molar-refractivity contribution >= 4 is 16.7 Å². The molecule has 0 radical (unpaired) electrons. The summed E-state index contributed by atoms with van der Waals surface area (Å²) in [4.78, 5) is 39.6. The number of fused-ring (bicyclic) bond motifs is 2. The molecule has 51 heavy (non-hydrogen) atoms. The van der Waals surface area contributed by atoms with Crippen LogP contribution in [0.4, 0.5) is 4.39 Å². The van der Waals surface area contributed by atoms with Crippen LogP contribution in [0.2, 0.25) is 0 Å². The first-order valence-corrected chi connectivity index (χ1v) is 17.6. The normalized spacial score (nSPS) is 18.5. The van der Waals surface area contributed by atoms with Crippen molar-refractivity contribution in [1.82, 2.24) is 33.7 Å². The number of hydrogen-bond donors (Lipinski definition) is 2. The van der Waals surface area contributed by atoms with Gasteiger partial charge in [-0.3, -0.25) is 14.3 Å². The highest BCUT2D eigenvalue weighted by Gasteiger charge is 2.28. The van der Waals surface area contributed by atoms with Crippen molar-refractivity contribution in [2.24, 2.45) is 0 Å². The molecule has 1 saturated carbocycles. The molecule has 8 rings (SSSR count). The fourth-order valence-electron chi connectivity index (χ4n) is 7.70. The van der Waals surface area contributed by atoms with Gasteiger partial charge in [0.25, 0.3) is 5.56 Å². The predicted molar refractivity (Wildman–Crippen MR) is 193 cm³/mol. The number of imidazole rings is 1. The number of nitrogens with zero attached hydrogens (tertiary/aromatic N) is 6. The van der Waals surface area contributed by atoms with Gasteiger partial charge in [0.05, 0.1) is 41.9 Å². The number of nitrogens with one attached hydrogen (secondary N) is 1. The van der Waals surface area contributed by atoms with Crippen LogP contribution in [0.5, 0.6) is 5.75 Å². The maximum Gasteiger partial charge on any atom is 0.337 e. The summed E-state index contributed by atoms with van der Waals surface area (Å²) in [6.07, 6.45) is 5.83. The van der Waals surface area contributed by atoms with Crippen molar-refractivity contribution in [2.75, 3.05) is 26.3 Å². The molecule has 12 heteroatoms. The first-order valence-electron chi connectivity index (χ1n) is 17.6. The van der Waals surface area contributed by atoms with Gasteiger partial charge in [-0.15, -0.1) is 0 Å². The zero-order valence-corrected chi connectivity index (χ0v) is 28.5. The first-order chi connectivity index (χ1) is 24.8. The van der Waals surface area contributed by atoms with Crippen LogP contribution < -0.4 is 16.6 Å². The molecule has 0 spiro atoms. The van der Waals surface area contributed by atoms with Crippen molar-refractivity contribution in [1.29, 1.82) is 0 Å². The number of aromatic nitrogens is 5. The van der Waals surface area contributed by atoms with Gasteiger partial charge in [0.2, 0.25) is 0 Å². The van der Waals surface area contributed by atoms with Crippen LogP contribution in [0, 0.1) is 12.7 Å². The van der Waals surface area contributed by atoms with E-state index in [1.165, 1.54) is 15.2 Å². The summed E-state index contributed by atoms with van der Waals surface area (Å²) in [7, 11) is 0. The second-order valence-corrected chi connectivity index (χ2v) is 13.6. The van der Waals surface area contributed by atoms with Gasteiger partial charge < -0.3 is 19.6 Å². The zero-order chi connectivity index (χ0) is 35.1. The van der Waals surface area contributed by atoms with Gasteiger partial charge in [-0.05, 0) is 91.8 Å². The number of aromatic hydroxyl groups is 1. The van der Waals surface area contributed by atoms with Crippen molar-refractivity contribution < 1.29 is 14.2 Å². The lowest BCUT2D eigenvalue weighted by molar-refractivity contribution is 0.0342. The minimum absolute atomic E-state index is 0.0565. The van der Waals surface area contributed by atoms with Crippen molar-refractivity contribution in [3.8, 4) is 22.6 Å². The molecule has 0 unspecified atom stereocenters. The fourth-order valence-corrected chi connectivity index (χ4v) is 7.70. The third-order valence-corrected chi connectivity index (χ3v) is 10.3. The number of benzene rings is 2. The SMILES string of the molecule is Cc1nc2ccccn2c1CN[C@H]1CC[C@@H](n2c(=O)c3cc(F)cnc3n(-c3cccc(-c4ccc(O)cc4CN4CCOCC4)c3)c2=O)CC1. The van der Waals surface area contributed by atoms with E-state index >= 15 is 0 Å². The number of morpholine rings is 1. The second-order valence-electron chi connectivity index (χ2n) is 13.6. The highest BCUT2D eigenvalue weighted by Crippen LogP contribution is 2.31. The number of phenolic OH excluding ortho intramolecular Hbond substituents is 1. The summed E-state index contributed by atoms with van der Waals surface area (Å²) >= 11 is 0. The van der Waals surface area contributed by atoms with Gasteiger partial charge >= 0.3 is 5.69 Å². The summed E-state index contributed by atoms with van der Waals surface area (Å²) in [6, 6.07) is 19.8. The zero-order valence-electron chi connectivity index (χ0n) is 28.5. The summed E-state index contributed by atoms with van der Waals surface area (Å²) in [5.41, 5.74) is 5.29. The molecular formula is C39H40FN7O4. The highest BCUT2D eigenvalue weighted by molar-refractivity contribution is 5.77. The number of rotatable bonds is 8. The molecule has 6 aromatic rings. The van der Waals surface area contributed by atoms with Crippen LogP contribution >= 0.6 is 0 Å². The lowest BCUT2D eigenvalue weighted by Crippen LogP contribution is -2.44. The number of hydrogen-bond acceptors (Lipinski definition) is 8. The first kappa shape index (κ1) is 33.0. The average Bonchev–Trinajstić information content (AvgIpc) is 3.46. The van der Waals surface area contributed by atoms with Crippen molar-refractivity contribution in [3.63, 3.8) is 0 Å². The fraction of sp³-hybridized carbons (Fsp3) is 0.333. The monoisotopic (exact) mass is 689 g/mol. The minimum Gasteiger partial charge on any atom is -0.508 e. The molecule has 0 bridgehead atoms. The summed E-state index contributed by atoms with van der Waals surface area (Å²) in [5.74, 6) is -0.466. The molecular weight excluding hydrogens is 649 g/mol. The third-order valence-electron chi connectivity index (χ3n) is 10.3. The molecule has 11 nitrogen and oxygen atoms in total. The molecule has 1 saturated heterocycles. The topological polar surface area (TPSA) is 119 Å². The van der Waals surface area contributed by atoms with E-state index in [1.807, 2.05) is 55.6 Å². The molecule has 4 aromatic heterocycles. The Hall–Kier alpha value is -5.17. The van der Waals surface area contributed by atoms with Gasteiger partial charge in [0, 0.05) is 44.5 Å². The van der Waals surface area contributed by atoms with Crippen LogP contribution in [0.15, 0.2) is 88.7 Å². The van der Waals surface area contributed by atoms with Gasteiger partial charge in [-0.25, -0.2) is 23.7 Å². The van der Waals surface area contributed by atoms with E-state index in [0.29, 0.717) is 44.8 Å². The molecule has 2 aliphatic rings. The number of aryl methyl sites for hydroxylation is 1. The molecule has 1 aliphatic carbocycles. The predicted octanol–water partition coefficient (Wildman–Crippen LogP) is 5.12. The molecule has 1 aliphatic heterocycles. The quantitative estimate of drug-likeness (QED) is 0.226. The molecule has 2 aromatic carbocycles. The van der Waals surface area contributed by atoms with Crippen LogP contribution in [0.1, 0.15) is 48.7 Å².